The van der Waals surface area contributed by atoms with Crippen molar-refractivity contribution in [3.8, 4) is 5.75 Å². The number of halogens is 1. The number of nitrogens with two attached hydrogens (primary N) is 1. The van der Waals surface area contributed by atoms with Gasteiger partial charge < -0.3 is 15.0 Å². The molecule has 144 valence electrons. The van der Waals surface area contributed by atoms with Crippen LogP contribution in [0, 0.1) is 0 Å². The molecule has 0 aliphatic heterocycles. The van der Waals surface area contributed by atoms with Gasteiger partial charge in [0.15, 0.2) is 0 Å². The molecule has 1 heterocycles. The monoisotopic (exact) mass is 398 g/mol. The highest BCUT2D eigenvalue weighted by Gasteiger charge is 2.27. The second-order valence-corrected chi connectivity index (χ2v) is 6.77. The number of hydrogen-bond donors (Lipinski definition) is 1. The Kier molecular flexibility index (Phi) is 5.51. The molecule has 0 spiro atoms. The lowest BCUT2D eigenvalue weighted by Gasteiger charge is -2.11. The van der Waals surface area contributed by atoms with Crippen molar-refractivity contribution < 1.29 is 19.1 Å². The number of esters is 1. The van der Waals surface area contributed by atoms with Gasteiger partial charge in [-0.05, 0) is 36.2 Å². The molecule has 2 aromatic carbocycles. The molecular formula is C21H19ClN2O4. The molecule has 0 unspecified atom stereocenters. The van der Waals surface area contributed by atoms with Gasteiger partial charge in [-0.3, -0.25) is 14.4 Å². The van der Waals surface area contributed by atoms with Crippen LogP contribution in [0.25, 0.3) is 10.9 Å². The molecule has 0 saturated heterocycles. The van der Waals surface area contributed by atoms with Gasteiger partial charge in [-0.25, -0.2) is 0 Å². The molecule has 3 rings (SSSR count). The molecule has 0 bridgehead atoms. The molecule has 3 aromatic rings. The molecule has 0 radical (unpaired) electrons. The van der Waals surface area contributed by atoms with Crippen molar-refractivity contribution in [2.75, 3.05) is 0 Å². The molecule has 6 nitrogen and oxygen atoms in total. The number of hydrogen-bond acceptors (Lipinski definition) is 4. The lowest BCUT2D eigenvalue weighted by atomic mass is 10.0. The quantitative estimate of drug-likeness (QED) is 0.298. The molecule has 0 fully saturated rings. The Labute approximate surface area is 166 Å². The van der Waals surface area contributed by atoms with Gasteiger partial charge >= 0.3 is 5.97 Å². The number of aromatic nitrogens is 1. The average Bonchev–Trinajstić information content (AvgIpc) is 2.95. The highest BCUT2D eigenvalue weighted by atomic mass is 35.5. The summed E-state index contributed by atoms with van der Waals surface area (Å²) in [5, 5.41) is 1.00. The third kappa shape index (κ3) is 3.64. The van der Waals surface area contributed by atoms with Crippen molar-refractivity contribution in [3.05, 3.63) is 64.3 Å². The highest BCUT2D eigenvalue weighted by molar-refractivity contribution is 6.45. The first kappa shape index (κ1) is 19.6. The Morgan fingerprint density at radius 1 is 1.14 bits per heavy atom. The first-order valence-electron chi connectivity index (χ1n) is 8.74. The first-order valence-corrected chi connectivity index (χ1v) is 9.12. The van der Waals surface area contributed by atoms with E-state index in [0.29, 0.717) is 34.6 Å². The molecule has 0 saturated carbocycles. The Bertz CT molecular complexity index is 1100. The fourth-order valence-electron chi connectivity index (χ4n) is 3.39. The van der Waals surface area contributed by atoms with E-state index < -0.39 is 17.7 Å². The summed E-state index contributed by atoms with van der Waals surface area (Å²) in [5.74, 6) is -2.18. The van der Waals surface area contributed by atoms with E-state index in [0.717, 1.165) is 5.56 Å². The molecule has 28 heavy (non-hydrogen) atoms. The fraction of sp³-hybridized carbons (Fsp3) is 0.190. The molecule has 2 N–H and O–H groups in total. The minimum atomic E-state index is -1.06. The van der Waals surface area contributed by atoms with Crippen LogP contribution in [-0.4, -0.2) is 22.2 Å². The van der Waals surface area contributed by atoms with Crippen LogP contribution in [0.1, 0.15) is 35.5 Å². The van der Waals surface area contributed by atoms with E-state index in [1.54, 1.807) is 18.2 Å². The van der Waals surface area contributed by atoms with Crippen LogP contribution in [0.15, 0.2) is 42.5 Å². The van der Waals surface area contributed by atoms with Crippen molar-refractivity contribution in [2.24, 2.45) is 5.73 Å². The van der Waals surface area contributed by atoms with E-state index in [-0.39, 0.29) is 11.3 Å². The topological polar surface area (TPSA) is 91.4 Å². The number of primary amides is 1. The predicted octanol–water partition coefficient (Wildman–Crippen LogP) is 3.50. The zero-order valence-corrected chi connectivity index (χ0v) is 16.2. The predicted molar refractivity (Wildman–Crippen MR) is 107 cm³/mol. The number of rotatable bonds is 6. The number of Topliss-reactive ketones (excluding diaryl/α,β-unsaturated/α-hetero) is 1. The lowest BCUT2D eigenvalue weighted by molar-refractivity contribution is -0.131. The van der Waals surface area contributed by atoms with Crippen molar-refractivity contribution in [3.63, 3.8) is 0 Å². The van der Waals surface area contributed by atoms with E-state index in [2.05, 4.69) is 0 Å². The number of ether oxygens (including phenoxy) is 1. The van der Waals surface area contributed by atoms with Gasteiger partial charge in [0.1, 0.15) is 5.75 Å². The second kappa shape index (κ2) is 7.86. The van der Waals surface area contributed by atoms with Crippen molar-refractivity contribution >= 4 is 40.2 Å². The van der Waals surface area contributed by atoms with Crippen LogP contribution in [0.5, 0.6) is 5.75 Å². The van der Waals surface area contributed by atoms with Crippen LogP contribution < -0.4 is 10.5 Å². The van der Waals surface area contributed by atoms with Crippen molar-refractivity contribution in [2.45, 2.75) is 26.8 Å². The number of carbonyl (C=O) groups excluding carboxylic acids is 3. The molecule has 0 atom stereocenters. The van der Waals surface area contributed by atoms with Gasteiger partial charge in [-0.15, -0.1) is 0 Å². The highest BCUT2D eigenvalue weighted by Crippen LogP contribution is 2.35. The van der Waals surface area contributed by atoms with Crippen LogP contribution in [-0.2, 0) is 22.6 Å². The normalized spacial score (nSPS) is 10.8. The molecule has 7 heteroatoms. The van der Waals surface area contributed by atoms with E-state index in [4.69, 9.17) is 22.1 Å². The number of fused-ring (bicyclic) bond motifs is 1. The standard InChI is InChI=1S/C21H19ClN2O4/c1-3-15-19(20(26)21(23)27)18-16(8-5-9-17(18)28-12(2)25)24(15)11-13-6-4-7-14(22)10-13/h4-10H,3,11H2,1-2H3,(H2,23,27). The van der Waals surface area contributed by atoms with Crippen molar-refractivity contribution in [1.82, 2.24) is 4.57 Å². The first-order chi connectivity index (χ1) is 13.3. The van der Waals surface area contributed by atoms with Crippen LogP contribution >= 0.6 is 11.6 Å². The van der Waals surface area contributed by atoms with E-state index >= 15 is 0 Å². The maximum atomic E-state index is 12.6. The van der Waals surface area contributed by atoms with E-state index in [1.807, 2.05) is 35.8 Å². The summed E-state index contributed by atoms with van der Waals surface area (Å²) in [6.45, 7) is 3.58. The minimum Gasteiger partial charge on any atom is -0.426 e. The number of amides is 1. The summed E-state index contributed by atoms with van der Waals surface area (Å²) in [7, 11) is 0. The maximum Gasteiger partial charge on any atom is 0.308 e. The number of benzene rings is 2. The summed E-state index contributed by atoms with van der Waals surface area (Å²) in [6.07, 6.45) is 0.475. The van der Waals surface area contributed by atoms with Gasteiger partial charge in [-0.1, -0.05) is 36.7 Å². The molecule has 1 amide bonds. The van der Waals surface area contributed by atoms with Crippen LogP contribution in [0.3, 0.4) is 0 Å². The fourth-order valence-corrected chi connectivity index (χ4v) is 3.61. The van der Waals surface area contributed by atoms with Gasteiger partial charge in [0, 0.05) is 24.2 Å². The Balaban J connectivity index is 2.32. The third-order valence-corrected chi connectivity index (χ3v) is 4.66. The van der Waals surface area contributed by atoms with Crippen LogP contribution in [0.2, 0.25) is 5.02 Å². The molecule has 1 aromatic heterocycles. The van der Waals surface area contributed by atoms with E-state index in [9.17, 15) is 14.4 Å². The molecular weight excluding hydrogens is 380 g/mol. The van der Waals surface area contributed by atoms with Gasteiger partial charge in [-0.2, -0.15) is 0 Å². The lowest BCUT2D eigenvalue weighted by Crippen LogP contribution is -2.24. The Morgan fingerprint density at radius 3 is 2.46 bits per heavy atom. The summed E-state index contributed by atoms with van der Waals surface area (Å²) in [6, 6.07) is 12.5. The molecule has 0 aliphatic rings. The summed E-state index contributed by atoms with van der Waals surface area (Å²) >= 11 is 6.10. The van der Waals surface area contributed by atoms with Gasteiger partial charge in [0.05, 0.1) is 16.5 Å². The van der Waals surface area contributed by atoms with Crippen molar-refractivity contribution in [1.29, 1.82) is 0 Å². The molecule has 0 aliphatic carbocycles. The largest absolute Gasteiger partial charge is 0.426 e. The summed E-state index contributed by atoms with van der Waals surface area (Å²) in [4.78, 5) is 35.9. The maximum absolute atomic E-state index is 12.6. The Hall–Kier alpha value is -3.12. The number of carbonyl (C=O) groups is 3. The number of ketones is 1. The zero-order valence-electron chi connectivity index (χ0n) is 15.5. The van der Waals surface area contributed by atoms with Gasteiger partial charge in [0.2, 0.25) is 0 Å². The van der Waals surface area contributed by atoms with E-state index in [1.165, 1.54) is 6.92 Å². The number of nitrogens with zero attached hydrogens (tertiary/aromatic N) is 1. The van der Waals surface area contributed by atoms with Crippen LogP contribution in [0.4, 0.5) is 0 Å². The average molecular weight is 399 g/mol. The third-order valence-electron chi connectivity index (χ3n) is 4.43. The zero-order chi connectivity index (χ0) is 20.4. The SMILES string of the molecule is CCc1c(C(=O)C(N)=O)c2c(OC(C)=O)cccc2n1Cc1cccc(Cl)c1. The smallest absolute Gasteiger partial charge is 0.308 e. The minimum absolute atomic E-state index is 0.170. The summed E-state index contributed by atoms with van der Waals surface area (Å²) < 4.78 is 7.22. The summed E-state index contributed by atoms with van der Waals surface area (Å²) in [5.41, 5.74) is 7.69. The second-order valence-electron chi connectivity index (χ2n) is 6.33. The Morgan fingerprint density at radius 2 is 1.86 bits per heavy atom. The van der Waals surface area contributed by atoms with Gasteiger partial charge in [0.25, 0.3) is 11.7 Å².